The molecule has 25 heavy (non-hydrogen) atoms. The molecule has 0 spiro atoms. The molecule has 3 rings (SSSR count). The van der Waals surface area contributed by atoms with Gasteiger partial charge in [-0.15, -0.1) is 0 Å². The number of para-hydroxylation sites is 1. The number of carbonyl (C=O) groups is 1. The smallest absolute Gasteiger partial charge is 0.231 e. The predicted octanol–water partition coefficient (Wildman–Crippen LogP) is 2.28. The van der Waals surface area contributed by atoms with Crippen LogP contribution in [-0.2, 0) is 11.3 Å². The molecule has 4 heteroatoms. The number of piperidine rings is 1. The molecular formula is C21H33N2O2+. The highest BCUT2D eigenvalue weighted by atomic mass is 16.5. The van der Waals surface area contributed by atoms with E-state index in [2.05, 4.69) is 23.1 Å². The third-order valence-corrected chi connectivity index (χ3v) is 5.60. The number of benzene rings is 1. The Morgan fingerprint density at radius 1 is 1.16 bits per heavy atom. The maximum atomic E-state index is 13.0. The molecular weight excluding hydrogens is 312 g/mol. The van der Waals surface area contributed by atoms with Crippen LogP contribution in [0.3, 0.4) is 0 Å². The molecule has 2 aliphatic rings. The minimum Gasteiger partial charge on any atom is -0.493 e. The Morgan fingerprint density at radius 3 is 2.68 bits per heavy atom. The molecule has 0 radical (unpaired) electrons. The van der Waals surface area contributed by atoms with Crippen molar-refractivity contribution >= 4 is 5.91 Å². The van der Waals surface area contributed by atoms with Gasteiger partial charge in [0.25, 0.3) is 0 Å². The minimum atomic E-state index is 0.209. The van der Waals surface area contributed by atoms with Gasteiger partial charge in [-0.1, -0.05) is 25.0 Å². The summed E-state index contributed by atoms with van der Waals surface area (Å²) in [5.41, 5.74) is 1.27. The number of hydrogen-bond acceptors (Lipinski definition) is 2. The van der Waals surface area contributed by atoms with E-state index >= 15 is 0 Å². The van der Waals surface area contributed by atoms with Crippen LogP contribution in [0.5, 0.6) is 5.75 Å². The van der Waals surface area contributed by atoms with Crippen molar-refractivity contribution in [1.29, 1.82) is 0 Å². The normalized spacial score (nSPS) is 24.6. The first-order valence-corrected chi connectivity index (χ1v) is 10.1. The zero-order valence-electron chi connectivity index (χ0n) is 15.6. The molecule has 2 atom stereocenters. The van der Waals surface area contributed by atoms with Crippen LogP contribution >= 0.6 is 0 Å². The summed E-state index contributed by atoms with van der Waals surface area (Å²) in [5.74, 6) is 1.62. The summed E-state index contributed by atoms with van der Waals surface area (Å²) in [6.45, 7) is 7.75. The number of rotatable bonds is 5. The molecule has 1 aromatic rings. The summed E-state index contributed by atoms with van der Waals surface area (Å²) < 4.78 is 5.77. The second-order valence-corrected chi connectivity index (χ2v) is 7.50. The molecule has 1 amide bonds. The second-order valence-electron chi connectivity index (χ2n) is 7.50. The Labute approximate surface area is 152 Å². The summed E-state index contributed by atoms with van der Waals surface area (Å²) in [5, 5.41) is 0. The fourth-order valence-electron chi connectivity index (χ4n) is 4.29. The van der Waals surface area contributed by atoms with E-state index < -0.39 is 0 Å². The minimum absolute atomic E-state index is 0.209. The SMILES string of the molecule is CCOc1ccccc1C[NH+]1CCC[C@H](C(=O)N2CCCCCC2)C1. The summed E-state index contributed by atoms with van der Waals surface area (Å²) in [7, 11) is 0. The number of hydrogen-bond donors (Lipinski definition) is 1. The summed E-state index contributed by atoms with van der Waals surface area (Å²) in [6, 6.07) is 8.34. The van der Waals surface area contributed by atoms with Gasteiger partial charge in [0.1, 0.15) is 12.3 Å². The number of amides is 1. The molecule has 0 aromatic heterocycles. The van der Waals surface area contributed by atoms with Crippen molar-refractivity contribution in [3.8, 4) is 5.75 Å². The van der Waals surface area contributed by atoms with E-state index in [0.717, 1.165) is 51.3 Å². The predicted molar refractivity (Wildman–Crippen MR) is 99.8 cm³/mol. The number of nitrogens with one attached hydrogen (secondary N) is 1. The van der Waals surface area contributed by atoms with Gasteiger partial charge in [0, 0.05) is 18.7 Å². The molecule has 2 aliphatic heterocycles. The first-order chi connectivity index (χ1) is 12.3. The van der Waals surface area contributed by atoms with Crippen LogP contribution in [0.1, 0.15) is 51.0 Å². The number of likely N-dealkylation sites (tertiary alicyclic amines) is 2. The summed E-state index contributed by atoms with van der Waals surface area (Å²) in [4.78, 5) is 16.6. The first-order valence-electron chi connectivity index (χ1n) is 10.1. The first kappa shape index (κ1) is 18.2. The monoisotopic (exact) mass is 345 g/mol. The van der Waals surface area contributed by atoms with E-state index in [4.69, 9.17) is 4.74 Å². The van der Waals surface area contributed by atoms with Crippen LogP contribution in [0.25, 0.3) is 0 Å². The van der Waals surface area contributed by atoms with Crippen molar-refractivity contribution in [2.75, 3.05) is 32.8 Å². The van der Waals surface area contributed by atoms with Gasteiger partial charge < -0.3 is 14.5 Å². The Hall–Kier alpha value is -1.55. The second kappa shape index (κ2) is 9.23. The molecule has 2 fully saturated rings. The lowest BCUT2D eigenvalue weighted by molar-refractivity contribution is -0.921. The highest BCUT2D eigenvalue weighted by Gasteiger charge is 2.32. The van der Waals surface area contributed by atoms with Crippen molar-refractivity contribution in [3.05, 3.63) is 29.8 Å². The van der Waals surface area contributed by atoms with Gasteiger partial charge in [-0.2, -0.15) is 0 Å². The zero-order chi connectivity index (χ0) is 17.5. The maximum absolute atomic E-state index is 13.0. The van der Waals surface area contributed by atoms with Crippen molar-refractivity contribution < 1.29 is 14.4 Å². The van der Waals surface area contributed by atoms with Crippen LogP contribution in [0.2, 0.25) is 0 Å². The largest absolute Gasteiger partial charge is 0.493 e. The van der Waals surface area contributed by atoms with Crippen LogP contribution < -0.4 is 9.64 Å². The average molecular weight is 346 g/mol. The van der Waals surface area contributed by atoms with Crippen molar-refractivity contribution in [3.63, 3.8) is 0 Å². The van der Waals surface area contributed by atoms with Gasteiger partial charge in [-0.05, 0) is 44.7 Å². The third-order valence-electron chi connectivity index (χ3n) is 5.60. The van der Waals surface area contributed by atoms with E-state index in [1.54, 1.807) is 0 Å². The Morgan fingerprint density at radius 2 is 1.92 bits per heavy atom. The summed E-state index contributed by atoms with van der Waals surface area (Å²) >= 11 is 0. The van der Waals surface area contributed by atoms with Gasteiger partial charge in [-0.25, -0.2) is 0 Å². The quantitative estimate of drug-likeness (QED) is 0.888. The van der Waals surface area contributed by atoms with Gasteiger partial charge in [0.05, 0.1) is 25.6 Å². The Balaban J connectivity index is 1.60. The lowest BCUT2D eigenvalue weighted by Gasteiger charge is -2.32. The number of ether oxygens (including phenoxy) is 1. The molecule has 1 N–H and O–H groups in total. The van der Waals surface area contributed by atoms with Gasteiger partial charge in [-0.3, -0.25) is 4.79 Å². The number of nitrogens with zero attached hydrogens (tertiary/aromatic N) is 1. The van der Waals surface area contributed by atoms with E-state index in [9.17, 15) is 4.79 Å². The van der Waals surface area contributed by atoms with Crippen molar-refractivity contribution in [2.45, 2.75) is 52.0 Å². The van der Waals surface area contributed by atoms with E-state index in [-0.39, 0.29) is 5.92 Å². The topological polar surface area (TPSA) is 34.0 Å². The highest BCUT2D eigenvalue weighted by molar-refractivity contribution is 5.79. The Kier molecular flexibility index (Phi) is 6.74. The fourth-order valence-corrected chi connectivity index (χ4v) is 4.29. The van der Waals surface area contributed by atoms with Gasteiger partial charge in [0.2, 0.25) is 5.91 Å². The van der Waals surface area contributed by atoms with Crippen LogP contribution in [0.15, 0.2) is 24.3 Å². The van der Waals surface area contributed by atoms with Gasteiger partial charge in [0.15, 0.2) is 0 Å². The van der Waals surface area contributed by atoms with Crippen molar-refractivity contribution in [2.24, 2.45) is 5.92 Å². The molecule has 4 nitrogen and oxygen atoms in total. The fraction of sp³-hybridized carbons (Fsp3) is 0.667. The van der Waals surface area contributed by atoms with Crippen LogP contribution in [0.4, 0.5) is 0 Å². The van der Waals surface area contributed by atoms with E-state index in [1.807, 2.05) is 13.0 Å². The van der Waals surface area contributed by atoms with E-state index in [0.29, 0.717) is 12.5 Å². The molecule has 2 saturated heterocycles. The molecule has 138 valence electrons. The van der Waals surface area contributed by atoms with Gasteiger partial charge >= 0.3 is 0 Å². The third kappa shape index (κ3) is 4.97. The Bertz CT molecular complexity index is 553. The molecule has 2 heterocycles. The number of carbonyl (C=O) groups excluding carboxylic acids is 1. The van der Waals surface area contributed by atoms with Crippen molar-refractivity contribution in [1.82, 2.24) is 4.90 Å². The molecule has 0 bridgehead atoms. The molecule has 1 unspecified atom stereocenters. The lowest BCUT2D eigenvalue weighted by atomic mass is 9.95. The summed E-state index contributed by atoms with van der Waals surface area (Å²) in [6.07, 6.45) is 7.12. The molecule has 1 aromatic carbocycles. The number of quaternary nitrogens is 1. The van der Waals surface area contributed by atoms with Crippen LogP contribution in [-0.4, -0.2) is 43.6 Å². The zero-order valence-corrected chi connectivity index (χ0v) is 15.6. The van der Waals surface area contributed by atoms with E-state index in [1.165, 1.54) is 36.1 Å². The lowest BCUT2D eigenvalue weighted by Crippen LogP contribution is -3.12. The molecule has 0 aliphatic carbocycles. The van der Waals surface area contributed by atoms with Crippen LogP contribution in [0, 0.1) is 5.92 Å². The highest BCUT2D eigenvalue weighted by Crippen LogP contribution is 2.19. The standard InChI is InChI=1S/C21H32N2O2/c1-2-25-20-12-6-5-10-18(20)16-22-13-9-11-19(17-22)21(24)23-14-7-3-4-8-15-23/h5-6,10,12,19H,2-4,7-9,11,13-17H2,1H3/p+1/t19-/m0/s1. The molecule has 0 saturated carbocycles. The maximum Gasteiger partial charge on any atom is 0.231 e. The average Bonchev–Trinajstić information content (AvgIpc) is 2.93.